The van der Waals surface area contributed by atoms with Crippen molar-refractivity contribution >= 4 is 11.4 Å². The smallest absolute Gasteiger partial charge is 0.101 e. The Morgan fingerprint density at radius 2 is 2.17 bits per heavy atom. The second-order valence-electron chi connectivity index (χ2n) is 4.06. The van der Waals surface area contributed by atoms with Crippen LogP contribution in [-0.2, 0) is 6.54 Å². The maximum absolute atomic E-state index is 8.83. The van der Waals surface area contributed by atoms with E-state index in [2.05, 4.69) is 11.1 Å². The number of pyridine rings is 1. The number of benzene rings is 1. The van der Waals surface area contributed by atoms with Gasteiger partial charge in [0.15, 0.2) is 0 Å². The number of nitriles is 1. The fourth-order valence-electron chi connectivity index (χ4n) is 1.72. The van der Waals surface area contributed by atoms with E-state index in [0.29, 0.717) is 17.8 Å². The lowest BCUT2D eigenvalue weighted by molar-refractivity contribution is 0.885. The SMILES string of the molecule is CN(Cc1ccccn1)c1ccc(C#N)c(N)c1. The summed E-state index contributed by atoms with van der Waals surface area (Å²) in [5.74, 6) is 0. The zero-order valence-electron chi connectivity index (χ0n) is 10.2. The predicted molar refractivity (Wildman–Crippen MR) is 71.9 cm³/mol. The van der Waals surface area contributed by atoms with Crippen LogP contribution in [0.4, 0.5) is 11.4 Å². The molecular formula is C14H14N4. The molecule has 0 saturated heterocycles. The van der Waals surface area contributed by atoms with Crippen molar-refractivity contribution in [2.75, 3.05) is 17.7 Å². The summed E-state index contributed by atoms with van der Waals surface area (Å²) in [6.07, 6.45) is 1.77. The molecule has 2 N–H and O–H groups in total. The van der Waals surface area contributed by atoms with Gasteiger partial charge in [-0.3, -0.25) is 4.98 Å². The molecule has 0 atom stereocenters. The average molecular weight is 238 g/mol. The van der Waals surface area contributed by atoms with E-state index in [9.17, 15) is 0 Å². The van der Waals surface area contributed by atoms with Crippen LogP contribution in [0.2, 0.25) is 0 Å². The number of aromatic nitrogens is 1. The zero-order valence-corrected chi connectivity index (χ0v) is 10.2. The monoisotopic (exact) mass is 238 g/mol. The Morgan fingerprint density at radius 3 is 2.78 bits per heavy atom. The quantitative estimate of drug-likeness (QED) is 0.832. The van der Waals surface area contributed by atoms with Crippen molar-refractivity contribution in [3.63, 3.8) is 0 Å². The zero-order chi connectivity index (χ0) is 13.0. The Labute approximate surface area is 106 Å². The number of nitrogens with zero attached hydrogens (tertiary/aromatic N) is 3. The number of hydrogen-bond donors (Lipinski definition) is 1. The molecule has 0 spiro atoms. The second kappa shape index (κ2) is 5.19. The number of nitrogen functional groups attached to an aromatic ring is 1. The van der Waals surface area contributed by atoms with Crippen molar-refractivity contribution < 1.29 is 0 Å². The molecule has 0 saturated carbocycles. The average Bonchev–Trinajstić information content (AvgIpc) is 2.39. The van der Waals surface area contributed by atoms with Gasteiger partial charge in [0.25, 0.3) is 0 Å². The normalized spacial score (nSPS) is 9.78. The molecule has 0 radical (unpaired) electrons. The second-order valence-corrected chi connectivity index (χ2v) is 4.06. The molecule has 4 nitrogen and oxygen atoms in total. The van der Waals surface area contributed by atoms with Crippen molar-refractivity contribution in [2.45, 2.75) is 6.54 Å². The van der Waals surface area contributed by atoms with Gasteiger partial charge < -0.3 is 10.6 Å². The van der Waals surface area contributed by atoms with Gasteiger partial charge in [0.05, 0.1) is 23.5 Å². The van der Waals surface area contributed by atoms with Gasteiger partial charge in [0, 0.05) is 18.9 Å². The van der Waals surface area contributed by atoms with E-state index in [1.165, 1.54) is 0 Å². The molecule has 1 aromatic heterocycles. The molecule has 0 unspecified atom stereocenters. The van der Waals surface area contributed by atoms with Crippen molar-refractivity contribution in [3.05, 3.63) is 53.9 Å². The van der Waals surface area contributed by atoms with Gasteiger partial charge in [-0.05, 0) is 30.3 Å². The van der Waals surface area contributed by atoms with E-state index in [4.69, 9.17) is 11.0 Å². The van der Waals surface area contributed by atoms with Gasteiger partial charge >= 0.3 is 0 Å². The summed E-state index contributed by atoms with van der Waals surface area (Å²) in [7, 11) is 1.97. The summed E-state index contributed by atoms with van der Waals surface area (Å²) in [5.41, 5.74) is 8.76. The lowest BCUT2D eigenvalue weighted by Gasteiger charge is -2.19. The molecule has 0 aliphatic rings. The highest BCUT2D eigenvalue weighted by Crippen LogP contribution is 2.21. The Hall–Kier alpha value is -2.54. The van der Waals surface area contributed by atoms with Gasteiger partial charge in [-0.1, -0.05) is 6.07 Å². The van der Waals surface area contributed by atoms with Crippen LogP contribution in [0, 0.1) is 11.3 Å². The van der Waals surface area contributed by atoms with E-state index >= 15 is 0 Å². The maximum atomic E-state index is 8.83. The Morgan fingerprint density at radius 1 is 1.33 bits per heavy atom. The lowest BCUT2D eigenvalue weighted by Crippen LogP contribution is -2.17. The van der Waals surface area contributed by atoms with Crippen LogP contribution in [-0.4, -0.2) is 12.0 Å². The number of anilines is 2. The number of rotatable bonds is 3. The topological polar surface area (TPSA) is 65.9 Å². The van der Waals surface area contributed by atoms with E-state index in [0.717, 1.165) is 11.4 Å². The molecule has 18 heavy (non-hydrogen) atoms. The summed E-state index contributed by atoms with van der Waals surface area (Å²) >= 11 is 0. The Bertz CT molecular complexity index is 572. The molecule has 1 heterocycles. The van der Waals surface area contributed by atoms with Crippen molar-refractivity contribution in [1.29, 1.82) is 5.26 Å². The van der Waals surface area contributed by atoms with Gasteiger partial charge in [0.1, 0.15) is 6.07 Å². The van der Waals surface area contributed by atoms with Crippen LogP contribution in [0.3, 0.4) is 0 Å². The van der Waals surface area contributed by atoms with Crippen LogP contribution >= 0.6 is 0 Å². The number of nitrogens with two attached hydrogens (primary N) is 1. The Kier molecular flexibility index (Phi) is 3.44. The van der Waals surface area contributed by atoms with E-state index in [-0.39, 0.29) is 0 Å². The highest BCUT2D eigenvalue weighted by molar-refractivity contribution is 5.63. The molecule has 1 aromatic carbocycles. The summed E-state index contributed by atoms with van der Waals surface area (Å²) in [5, 5.41) is 8.83. The first-order valence-corrected chi connectivity index (χ1v) is 5.61. The van der Waals surface area contributed by atoms with E-state index < -0.39 is 0 Å². The highest BCUT2D eigenvalue weighted by Gasteiger charge is 2.05. The summed E-state index contributed by atoms with van der Waals surface area (Å²) < 4.78 is 0. The first kappa shape index (κ1) is 11.9. The third kappa shape index (κ3) is 2.58. The minimum absolute atomic E-state index is 0.503. The van der Waals surface area contributed by atoms with Gasteiger partial charge in [-0.2, -0.15) is 5.26 Å². The standard InChI is InChI=1S/C14H14N4/c1-18(10-12-4-2-3-7-17-12)13-6-5-11(9-15)14(16)8-13/h2-8H,10,16H2,1H3. The van der Waals surface area contributed by atoms with Crippen LogP contribution < -0.4 is 10.6 Å². The highest BCUT2D eigenvalue weighted by atomic mass is 15.1. The molecule has 0 amide bonds. The van der Waals surface area contributed by atoms with Crippen LogP contribution in [0.5, 0.6) is 0 Å². The first-order chi connectivity index (χ1) is 8.70. The molecule has 0 fully saturated rings. The fraction of sp³-hybridized carbons (Fsp3) is 0.143. The van der Waals surface area contributed by atoms with Crippen LogP contribution in [0.15, 0.2) is 42.6 Å². The third-order valence-electron chi connectivity index (χ3n) is 2.72. The van der Waals surface area contributed by atoms with Gasteiger partial charge in [-0.25, -0.2) is 0 Å². The first-order valence-electron chi connectivity index (χ1n) is 5.61. The van der Waals surface area contributed by atoms with Gasteiger partial charge in [-0.15, -0.1) is 0 Å². The predicted octanol–water partition coefficient (Wildman–Crippen LogP) is 2.17. The van der Waals surface area contributed by atoms with Crippen molar-refractivity contribution in [1.82, 2.24) is 4.98 Å². The molecule has 0 bridgehead atoms. The van der Waals surface area contributed by atoms with Crippen molar-refractivity contribution in [3.8, 4) is 6.07 Å². The summed E-state index contributed by atoms with van der Waals surface area (Å²) in [4.78, 5) is 6.32. The molecule has 2 rings (SSSR count). The molecule has 0 aliphatic carbocycles. The fourth-order valence-corrected chi connectivity index (χ4v) is 1.72. The van der Waals surface area contributed by atoms with Crippen molar-refractivity contribution in [2.24, 2.45) is 0 Å². The molecule has 90 valence electrons. The number of hydrogen-bond acceptors (Lipinski definition) is 4. The molecule has 2 aromatic rings. The minimum Gasteiger partial charge on any atom is -0.398 e. The summed E-state index contributed by atoms with van der Waals surface area (Å²) in [6, 6.07) is 13.3. The van der Waals surface area contributed by atoms with Crippen LogP contribution in [0.1, 0.15) is 11.3 Å². The maximum Gasteiger partial charge on any atom is 0.101 e. The Balaban J connectivity index is 2.17. The minimum atomic E-state index is 0.503. The molecule has 4 heteroatoms. The van der Waals surface area contributed by atoms with E-state index in [1.54, 1.807) is 12.3 Å². The lowest BCUT2D eigenvalue weighted by atomic mass is 10.1. The van der Waals surface area contributed by atoms with Crippen LogP contribution in [0.25, 0.3) is 0 Å². The summed E-state index contributed by atoms with van der Waals surface area (Å²) in [6.45, 7) is 0.701. The largest absolute Gasteiger partial charge is 0.398 e. The van der Waals surface area contributed by atoms with E-state index in [1.807, 2.05) is 42.3 Å². The van der Waals surface area contributed by atoms with Gasteiger partial charge in [0.2, 0.25) is 0 Å². The molecular weight excluding hydrogens is 224 g/mol. The molecule has 0 aliphatic heterocycles. The third-order valence-corrected chi connectivity index (χ3v) is 2.72.